The zero-order valence-electron chi connectivity index (χ0n) is 27.8. The predicted octanol–water partition coefficient (Wildman–Crippen LogP) is 6.43. The molecule has 0 unspecified atom stereocenters. The summed E-state index contributed by atoms with van der Waals surface area (Å²) in [5.41, 5.74) is 0.499. The quantitative estimate of drug-likeness (QED) is 0.305. The van der Waals surface area contributed by atoms with E-state index in [4.69, 9.17) is 4.74 Å². The molecule has 1 aromatic carbocycles. The molecule has 2 amide bonds. The summed E-state index contributed by atoms with van der Waals surface area (Å²) in [7, 11) is -3.90. The van der Waals surface area contributed by atoms with Crippen LogP contribution in [0.15, 0.2) is 35.4 Å². The number of likely N-dealkylation sites (tertiary alicyclic amines) is 1. The molecule has 4 fully saturated rings. The molecule has 11 nitrogen and oxygen atoms in total. The number of thiophene rings is 1. The lowest BCUT2D eigenvalue weighted by molar-refractivity contribution is -0.137. The van der Waals surface area contributed by atoms with E-state index in [0.29, 0.717) is 25.0 Å². The number of aromatic nitrogens is 2. The Balaban J connectivity index is 1.08. The number of rotatable bonds is 6. The van der Waals surface area contributed by atoms with Crippen molar-refractivity contribution in [2.24, 2.45) is 0 Å². The smallest absolute Gasteiger partial charge is 0.420 e. The first-order chi connectivity index (χ1) is 23.6. The Hall–Kier alpha value is -3.92. The number of carbonyl (C=O) groups is 2. The van der Waals surface area contributed by atoms with Gasteiger partial charge >= 0.3 is 12.3 Å². The summed E-state index contributed by atoms with van der Waals surface area (Å²) in [6, 6.07) is 7.24. The maximum atomic E-state index is 14.3. The Kier molecular flexibility index (Phi) is 7.68. The number of hydrogen-bond acceptors (Lipinski definition) is 10. The van der Waals surface area contributed by atoms with Crippen molar-refractivity contribution in [1.29, 1.82) is 0 Å². The van der Waals surface area contributed by atoms with Crippen LogP contribution >= 0.6 is 11.3 Å². The number of ether oxygens (including phenoxy) is 1. The van der Waals surface area contributed by atoms with E-state index >= 15 is 0 Å². The van der Waals surface area contributed by atoms with Crippen LogP contribution in [0.25, 0.3) is 10.6 Å². The van der Waals surface area contributed by atoms with E-state index < -0.39 is 38.8 Å². The summed E-state index contributed by atoms with van der Waals surface area (Å²) >= 11 is 0.724. The number of halogens is 3. The molecule has 3 aromatic rings. The zero-order valence-corrected chi connectivity index (χ0v) is 29.4. The molecule has 2 saturated carbocycles. The number of piperazine rings is 1. The van der Waals surface area contributed by atoms with Crippen LogP contribution in [0, 0.1) is 0 Å². The van der Waals surface area contributed by atoms with Gasteiger partial charge in [0.1, 0.15) is 16.0 Å². The van der Waals surface area contributed by atoms with Gasteiger partial charge in [0.05, 0.1) is 27.3 Å². The van der Waals surface area contributed by atoms with Crippen molar-refractivity contribution in [2.45, 2.75) is 93.6 Å². The summed E-state index contributed by atoms with van der Waals surface area (Å²) in [5.74, 6) is -0.572. The van der Waals surface area contributed by atoms with Gasteiger partial charge in [-0.05, 0) is 88.6 Å². The van der Waals surface area contributed by atoms with E-state index in [1.165, 1.54) is 4.90 Å². The lowest BCUT2D eigenvalue weighted by Crippen LogP contribution is -2.50. The van der Waals surface area contributed by atoms with E-state index in [2.05, 4.69) is 26.3 Å². The monoisotopic (exact) mass is 730 g/mol. The van der Waals surface area contributed by atoms with Crippen molar-refractivity contribution in [3.8, 4) is 10.6 Å². The second-order valence-electron chi connectivity index (χ2n) is 14.8. The number of carbonyl (C=O) groups excluding carboxylic acids is 2. The van der Waals surface area contributed by atoms with Gasteiger partial charge in [-0.3, -0.25) is 4.79 Å². The molecular formula is C34H37F3N6O5S2. The largest absolute Gasteiger partial charge is 0.444 e. The van der Waals surface area contributed by atoms with Crippen LogP contribution in [0.4, 0.5) is 35.3 Å². The third-order valence-electron chi connectivity index (χ3n) is 9.90. The van der Waals surface area contributed by atoms with Crippen molar-refractivity contribution >= 4 is 50.5 Å². The van der Waals surface area contributed by atoms with Crippen molar-refractivity contribution in [1.82, 2.24) is 19.8 Å². The van der Waals surface area contributed by atoms with Crippen molar-refractivity contribution in [2.75, 3.05) is 35.6 Å². The molecule has 2 bridgehead atoms. The first-order valence-corrected chi connectivity index (χ1v) is 19.3. The molecule has 5 aliphatic rings. The molecule has 2 atom stereocenters. The lowest BCUT2D eigenvalue weighted by Gasteiger charge is -2.36. The Bertz CT molecular complexity index is 2000. The molecule has 2 saturated heterocycles. The molecule has 50 heavy (non-hydrogen) atoms. The minimum Gasteiger partial charge on any atom is -0.444 e. The molecule has 5 heterocycles. The highest BCUT2D eigenvalue weighted by Gasteiger charge is 2.47. The van der Waals surface area contributed by atoms with Gasteiger partial charge in [0, 0.05) is 49.3 Å². The first kappa shape index (κ1) is 33.2. The number of nitrogens with one attached hydrogen (secondary N) is 1. The Morgan fingerprint density at radius 1 is 1.02 bits per heavy atom. The predicted molar refractivity (Wildman–Crippen MR) is 181 cm³/mol. The summed E-state index contributed by atoms with van der Waals surface area (Å²) in [5, 5.41) is 3.14. The number of benzene rings is 1. The van der Waals surface area contributed by atoms with Gasteiger partial charge in [0.2, 0.25) is 5.95 Å². The zero-order chi connectivity index (χ0) is 35.3. The maximum absolute atomic E-state index is 14.3. The van der Waals surface area contributed by atoms with Crippen molar-refractivity contribution < 1.29 is 35.9 Å². The van der Waals surface area contributed by atoms with E-state index in [0.717, 1.165) is 60.8 Å². The van der Waals surface area contributed by atoms with Gasteiger partial charge in [-0.1, -0.05) is 0 Å². The highest BCUT2D eigenvalue weighted by Crippen LogP contribution is 2.47. The number of amides is 2. The minimum atomic E-state index is -4.83. The fourth-order valence-corrected chi connectivity index (χ4v) is 10.1. The van der Waals surface area contributed by atoms with E-state index in [1.54, 1.807) is 0 Å². The molecule has 0 spiro atoms. The lowest BCUT2D eigenvalue weighted by atomic mass is 10.1. The first-order valence-electron chi connectivity index (χ1n) is 16.8. The van der Waals surface area contributed by atoms with E-state index in [1.807, 2.05) is 37.8 Å². The third-order valence-corrected chi connectivity index (χ3v) is 12.9. The van der Waals surface area contributed by atoms with Gasteiger partial charge < -0.3 is 24.8 Å². The number of hydrogen-bond donors (Lipinski definition) is 1. The Labute approximate surface area is 291 Å². The number of sulfone groups is 1. The molecule has 2 aromatic heterocycles. The molecule has 1 N–H and O–H groups in total. The second kappa shape index (κ2) is 11.6. The van der Waals surface area contributed by atoms with E-state index in [9.17, 15) is 31.2 Å². The molecule has 8 rings (SSSR count). The molecule has 3 aliphatic heterocycles. The SMILES string of the molecule is CC(C)(C)OC(=O)N1C[C@@H]2C[C@H]1CN2c1ccc(Nc2ncc(C(F)(F)F)c(-c3cc4c(s3)C(=O)N(C3CC3)CCS4(=O)=O)n2)c(C2CC2)c1. The van der Waals surface area contributed by atoms with Crippen LogP contribution in [0.1, 0.15) is 79.6 Å². The van der Waals surface area contributed by atoms with Crippen LogP contribution in [-0.4, -0.2) is 89.3 Å². The second-order valence-corrected chi connectivity index (χ2v) is 17.9. The fourth-order valence-electron chi connectivity index (χ4n) is 7.23. The summed E-state index contributed by atoms with van der Waals surface area (Å²) in [4.78, 5) is 39.7. The van der Waals surface area contributed by atoms with Crippen LogP contribution < -0.4 is 10.2 Å². The molecule has 0 radical (unpaired) electrons. The van der Waals surface area contributed by atoms with Crippen molar-refractivity contribution in [3.05, 3.63) is 46.5 Å². The molecular weight excluding hydrogens is 694 g/mol. The normalized spacial score (nSPS) is 23.2. The van der Waals surface area contributed by atoms with Crippen LogP contribution in [0.3, 0.4) is 0 Å². The highest BCUT2D eigenvalue weighted by molar-refractivity contribution is 7.91. The summed E-state index contributed by atoms with van der Waals surface area (Å²) < 4.78 is 74.8. The number of anilines is 3. The molecule has 2 aliphatic carbocycles. The Morgan fingerprint density at radius 3 is 2.42 bits per heavy atom. The third kappa shape index (κ3) is 6.18. The number of alkyl halides is 3. The average molecular weight is 731 g/mol. The Morgan fingerprint density at radius 2 is 1.78 bits per heavy atom. The summed E-state index contributed by atoms with van der Waals surface area (Å²) in [6.07, 6.45) is -0.100. The number of fused-ring (bicyclic) bond motifs is 3. The highest BCUT2D eigenvalue weighted by atomic mass is 32.2. The maximum Gasteiger partial charge on any atom is 0.420 e. The van der Waals surface area contributed by atoms with Gasteiger partial charge in [0.15, 0.2) is 9.84 Å². The minimum absolute atomic E-state index is 0.0466. The molecule has 266 valence electrons. The van der Waals surface area contributed by atoms with E-state index in [-0.39, 0.29) is 63.0 Å². The van der Waals surface area contributed by atoms with Crippen LogP contribution in [0.2, 0.25) is 0 Å². The van der Waals surface area contributed by atoms with Gasteiger partial charge in [-0.25, -0.2) is 23.2 Å². The van der Waals surface area contributed by atoms with Crippen molar-refractivity contribution in [3.63, 3.8) is 0 Å². The topological polar surface area (TPSA) is 125 Å². The summed E-state index contributed by atoms with van der Waals surface area (Å²) in [6.45, 7) is 6.85. The number of nitrogens with zero attached hydrogens (tertiary/aromatic N) is 5. The van der Waals surface area contributed by atoms with Gasteiger partial charge in [-0.15, -0.1) is 11.3 Å². The standard InChI is InChI=1S/C34H37F3N6O5S2/c1-33(2,3)48-32(45)43-17-21-12-22(43)16-42(21)20-8-9-25(23(13-20)18-4-5-18)39-31-38-15-24(34(35,36)37)28(40-31)26-14-27-29(49-26)30(44)41(19-6-7-19)10-11-50(27,46)47/h8-9,13-15,18-19,21-22H,4-7,10-12,16-17H2,1-3H3,(H,38,39,40)/t21-,22-/m0/s1. The van der Waals surface area contributed by atoms with Gasteiger partial charge in [0.25, 0.3) is 5.91 Å². The average Bonchev–Trinajstić information content (AvgIpc) is 3.94. The van der Waals surface area contributed by atoms with Crippen LogP contribution in [0.5, 0.6) is 0 Å². The molecule has 16 heteroatoms. The fraction of sp³-hybridized carbons (Fsp3) is 0.529. The van der Waals surface area contributed by atoms with Crippen LogP contribution in [-0.2, 0) is 20.8 Å². The van der Waals surface area contributed by atoms with Gasteiger partial charge in [-0.2, -0.15) is 13.2 Å².